The average molecular weight is 244 g/mol. The van der Waals surface area contributed by atoms with Gasteiger partial charge in [0.15, 0.2) is 0 Å². The largest absolute Gasteiger partial charge is 0.327 e. The van der Waals surface area contributed by atoms with E-state index in [9.17, 15) is 4.39 Å². The fourth-order valence-electron chi connectivity index (χ4n) is 1.85. The average Bonchev–Trinajstić information content (AvgIpc) is 2.40. The molecule has 94 valence electrons. The molecule has 2 N–H and O–H groups in total. The minimum Gasteiger partial charge on any atom is -0.327 e. The molecule has 0 saturated heterocycles. The summed E-state index contributed by atoms with van der Waals surface area (Å²) < 4.78 is 12.9. The van der Waals surface area contributed by atoms with Gasteiger partial charge in [-0.15, -0.1) is 0 Å². The van der Waals surface area contributed by atoms with E-state index >= 15 is 0 Å². The van der Waals surface area contributed by atoms with Crippen LogP contribution in [0.3, 0.4) is 0 Å². The number of nitrogens with two attached hydrogens (primary N) is 1. The summed E-state index contributed by atoms with van der Waals surface area (Å²) in [6.45, 7) is 2.07. The first kappa shape index (κ1) is 12.7. The summed E-state index contributed by atoms with van der Waals surface area (Å²) in [6.07, 6.45) is 5.38. The lowest BCUT2D eigenvalue weighted by atomic mass is 10.0. The predicted octanol–water partition coefficient (Wildman–Crippen LogP) is 3.17. The summed E-state index contributed by atoms with van der Waals surface area (Å²) in [5, 5.41) is 0. The second-order valence-electron chi connectivity index (χ2n) is 4.46. The van der Waals surface area contributed by atoms with Crippen molar-refractivity contribution in [3.8, 4) is 11.1 Å². The Balaban J connectivity index is 2.24. The second kappa shape index (κ2) is 5.74. The van der Waals surface area contributed by atoms with Crippen LogP contribution in [0.25, 0.3) is 11.1 Å². The normalized spacial score (nSPS) is 12.4. The van der Waals surface area contributed by atoms with Gasteiger partial charge in [-0.1, -0.05) is 19.1 Å². The van der Waals surface area contributed by atoms with Crippen LogP contribution in [0.4, 0.5) is 4.39 Å². The molecule has 1 unspecified atom stereocenters. The molecule has 2 rings (SSSR count). The van der Waals surface area contributed by atoms with Gasteiger partial charge in [0.1, 0.15) is 5.82 Å². The first-order valence-electron chi connectivity index (χ1n) is 6.14. The monoisotopic (exact) mass is 244 g/mol. The van der Waals surface area contributed by atoms with E-state index in [2.05, 4.69) is 18.0 Å². The number of halogens is 1. The van der Waals surface area contributed by atoms with Crippen LogP contribution in [-0.2, 0) is 6.42 Å². The van der Waals surface area contributed by atoms with Crippen LogP contribution in [0.15, 0.2) is 42.7 Å². The molecule has 1 aromatic heterocycles. The lowest BCUT2D eigenvalue weighted by Crippen LogP contribution is -2.21. The van der Waals surface area contributed by atoms with E-state index in [0.29, 0.717) is 0 Å². The van der Waals surface area contributed by atoms with Gasteiger partial charge in [0.25, 0.3) is 0 Å². The van der Waals surface area contributed by atoms with E-state index in [1.54, 1.807) is 18.3 Å². The molecule has 1 heterocycles. The highest BCUT2D eigenvalue weighted by Crippen LogP contribution is 2.20. The second-order valence-corrected chi connectivity index (χ2v) is 4.46. The van der Waals surface area contributed by atoms with E-state index in [0.717, 1.165) is 29.5 Å². The van der Waals surface area contributed by atoms with Crippen LogP contribution in [0, 0.1) is 5.82 Å². The first-order chi connectivity index (χ1) is 8.69. The predicted molar refractivity (Wildman–Crippen MR) is 71.6 cm³/mol. The molecule has 0 aliphatic heterocycles. The summed E-state index contributed by atoms with van der Waals surface area (Å²) in [4.78, 5) is 4.22. The van der Waals surface area contributed by atoms with Crippen LogP contribution in [0.2, 0.25) is 0 Å². The minimum atomic E-state index is -0.226. The fourth-order valence-corrected chi connectivity index (χ4v) is 1.85. The van der Waals surface area contributed by atoms with E-state index in [4.69, 9.17) is 5.73 Å². The number of benzene rings is 1. The maximum atomic E-state index is 12.9. The molecule has 3 heteroatoms. The van der Waals surface area contributed by atoms with Crippen molar-refractivity contribution in [3.63, 3.8) is 0 Å². The Morgan fingerprint density at radius 2 is 1.89 bits per heavy atom. The van der Waals surface area contributed by atoms with Crippen molar-refractivity contribution in [3.05, 3.63) is 54.1 Å². The van der Waals surface area contributed by atoms with E-state index in [1.165, 1.54) is 12.1 Å². The van der Waals surface area contributed by atoms with Gasteiger partial charge in [-0.2, -0.15) is 0 Å². The maximum Gasteiger partial charge on any atom is 0.123 e. The van der Waals surface area contributed by atoms with Gasteiger partial charge < -0.3 is 5.73 Å². The van der Waals surface area contributed by atoms with Gasteiger partial charge >= 0.3 is 0 Å². The SMILES string of the molecule is CCC(N)Cc1cncc(-c2ccc(F)cc2)c1. The molecule has 2 aromatic rings. The number of hydrogen-bond donors (Lipinski definition) is 1. The smallest absolute Gasteiger partial charge is 0.123 e. The van der Waals surface area contributed by atoms with Crippen molar-refractivity contribution in [1.29, 1.82) is 0 Å². The van der Waals surface area contributed by atoms with Gasteiger partial charge in [0.05, 0.1) is 0 Å². The van der Waals surface area contributed by atoms with E-state index in [1.807, 2.05) is 6.20 Å². The molecular weight excluding hydrogens is 227 g/mol. The number of hydrogen-bond acceptors (Lipinski definition) is 2. The summed E-state index contributed by atoms with van der Waals surface area (Å²) in [7, 11) is 0. The summed E-state index contributed by atoms with van der Waals surface area (Å²) >= 11 is 0. The molecule has 1 aromatic carbocycles. The van der Waals surface area contributed by atoms with Gasteiger partial charge in [-0.25, -0.2) is 4.39 Å². The Kier molecular flexibility index (Phi) is 4.05. The molecular formula is C15H17FN2. The summed E-state index contributed by atoms with van der Waals surface area (Å²) in [5.41, 5.74) is 9.02. The Bertz CT molecular complexity index is 508. The molecule has 0 aliphatic carbocycles. The van der Waals surface area contributed by atoms with Crippen LogP contribution in [-0.4, -0.2) is 11.0 Å². The lowest BCUT2D eigenvalue weighted by Gasteiger charge is -2.09. The maximum absolute atomic E-state index is 12.9. The standard InChI is InChI=1S/C15H17FN2/c1-2-15(17)8-11-7-13(10-18-9-11)12-3-5-14(16)6-4-12/h3-7,9-10,15H,2,8,17H2,1H3. The minimum absolute atomic E-state index is 0.162. The van der Waals surface area contributed by atoms with E-state index in [-0.39, 0.29) is 11.9 Å². The van der Waals surface area contributed by atoms with Gasteiger partial charge in [-0.3, -0.25) is 4.98 Å². The third kappa shape index (κ3) is 3.14. The molecule has 2 nitrogen and oxygen atoms in total. The molecule has 0 aliphatic rings. The number of rotatable bonds is 4. The van der Waals surface area contributed by atoms with Crippen molar-refractivity contribution in [2.75, 3.05) is 0 Å². The van der Waals surface area contributed by atoms with Gasteiger partial charge in [-0.05, 0) is 42.2 Å². The molecule has 0 fully saturated rings. The number of aromatic nitrogens is 1. The highest BCUT2D eigenvalue weighted by molar-refractivity contribution is 5.62. The third-order valence-corrected chi connectivity index (χ3v) is 2.99. The summed E-state index contributed by atoms with van der Waals surface area (Å²) in [5.74, 6) is -0.226. The third-order valence-electron chi connectivity index (χ3n) is 2.99. The van der Waals surface area contributed by atoms with Crippen LogP contribution >= 0.6 is 0 Å². The lowest BCUT2D eigenvalue weighted by molar-refractivity contribution is 0.628. The highest BCUT2D eigenvalue weighted by atomic mass is 19.1. The number of nitrogens with zero attached hydrogens (tertiary/aromatic N) is 1. The summed E-state index contributed by atoms with van der Waals surface area (Å²) in [6, 6.07) is 8.66. The number of pyridine rings is 1. The van der Waals surface area contributed by atoms with Crippen LogP contribution in [0.1, 0.15) is 18.9 Å². The van der Waals surface area contributed by atoms with Crippen LogP contribution < -0.4 is 5.73 Å². The molecule has 0 radical (unpaired) electrons. The fraction of sp³-hybridized carbons (Fsp3) is 0.267. The molecule has 0 saturated carbocycles. The molecule has 0 spiro atoms. The highest BCUT2D eigenvalue weighted by Gasteiger charge is 2.04. The van der Waals surface area contributed by atoms with Gasteiger partial charge in [0.2, 0.25) is 0 Å². The molecule has 1 atom stereocenters. The molecule has 0 amide bonds. The van der Waals surface area contributed by atoms with Crippen molar-refractivity contribution in [2.24, 2.45) is 5.73 Å². The topological polar surface area (TPSA) is 38.9 Å². The van der Waals surface area contributed by atoms with Crippen LogP contribution in [0.5, 0.6) is 0 Å². The van der Waals surface area contributed by atoms with Gasteiger partial charge in [0, 0.05) is 24.0 Å². The van der Waals surface area contributed by atoms with Crippen molar-refractivity contribution < 1.29 is 4.39 Å². The van der Waals surface area contributed by atoms with Crippen molar-refractivity contribution in [1.82, 2.24) is 4.98 Å². The van der Waals surface area contributed by atoms with E-state index < -0.39 is 0 Å². The van der Waals surface area contributed by atoms with Crippen molar-refractivity contribution in [2.45, 2.75) is 25.8 Å². The zero-order valence-electron chi connectivity index (χ0n) is 10.4. The van der Waals surface area contributed by atoms with Crippen molar-refractivity contribution >= 4 is 0 Å². The Labute approximate surface area is 107 Å². The molecule has 0 bridgehead atoms. The zero-order chi connectivity index (χ0) is 13.0. The Morgan fingerprint density at radius 3 is 2.56 bits per heavy atom. The Morgan fingerprint density at radius 1 is 1.17 bits per heavy atom. The molecule has 18 heavy (non-hydrogen) atoms. The quantitative estimate of drug-likeness (QED) is 0.897. The first-order valence-corrected chi connectivity index (χ1v) is 6.14. The zero-order valence-corrected chi connectivity index (χ0v) is 10.4. The Hall–Kier alpha value is -1.74.